The fourth-order valence-electron chi connectivity index (χ4n) is 2.23. The molecule has 1 aliphatic heterocycles. The summed E-state index contributed by atoms with van der Waals surface area (Å²) in [6.45, 7) is 3.98. The molecule has 0 saturated carbocycles. The second-order valence-corrected chi connectivity index (χ2v) is 5.17. The third-order valence-corrected chi connectivity index (χ3v) is 3.52. The average molecular weight is 268 g/mol. The number of likely N-dealkylation sites (tertiary alicyclic amines) is 1. The van der Waals surface area contributed by atoms with E-state index < -0.39 is 0 Å². The first kappa shape index (κ1) is 13.2. The van der Waals surface area contributed by atoms with E-state index in [2.05, 4.69) is 0 Å². The normalized spacial score (nSPS) is 19.7. The van der Waals surface area contributed by atoms with Crippen molar-refractivity contribution < 1.29 is 9.53 Å². The molecule has 1 amide bonds. The van der Waals surface area contributed by atoms with Gasteiger partial charge in [0, 0.05) is 31.0 Å². The second-order valence-electron chi connectivity index (χ2n) is 4.74. The summed E-state index contributed by atoms with van der Waals surface area (Å²) in [7, 11) is 0. The van der Waals surface area contributed by atoms with Gasteiger partial charge in [-0.25, -0.2) is 0 Å². The second kappa shape index (κ2) is 6.10. The Morgan fingerprint density at radius 2 is 2.17 bits per heavy atom. The molecule has 98 valence electrons. The lowest BCUT2D eigenvalue weighted by atomic mass is 9.99. The number of amides is 1. The standard InChI is InChI=1S/C14H18ClNO2/c1-11(17)16-8-2-3-12(9-16)10-18-14-6-4-13(15)5-7-14/h4-7,12H,2-3,8-10H2,1H3. The molecular weight excluding hydrogens is 250 g/mol. The van der Waals surface area contributed by atoms with E-state index in [1.54, 1.807) is 6.92 Å². The minimum Gasteiger partial charge on any atom is -0.493 e. The van der Waals surface area contributed by atoms with Gasteiger partial charge >= 0.3 is 0 Å². The zero-order valence-electron chi connectivity index (χ0n) is 10.6. The third kappa shape index (κ3) is 3.64. The number of halogens is 1. The molecular formula is C14H18ClNO2. The number of ether oxygens (including phenoxy) is 1. The van der Waals surface area contributed by atoms with E-state index in [0.29, 0.717) is 17.5 Å². The molecule has 1 saturated heterocycles. The molecule has 3 nitrogen and oxygen atoms in total. The van der Waals surface area contributed by atoms with E-state index in [9.17, 15) is 4.79 Å². The van der Waals surface area contributed by atoms with Gasteiger partial charge in [-0.3, -0.25) is 4.79 Å². The van der Waals surface area contributed by atoms with Crippen LogP contribution in [0.5, 0.6) is 5.75 Å². The van der Waals surface area contributed by atoms with Gasteiger partial charge in [-0.2, -0.15) is 0 Å². The van der Waals surface area contributed by atoms with Crippen LogP contribution in [0.4, 0.5) is 0 Å². The highest BCUT2D eigenvalue weighted by atomic mass is 35.5. The molecule has 4 heteroatoms. The van der Waals surface area contributed by atoms with Gasteiger partial charge < -0.3 is 9.64 Å². The van der Waals surface area contributed by atoms with Gasteiger partial charge in [-0.15, -0.1) is 0 Å². The monoisotopic (exact) mass is 267 g/mol. The Kier molecular flexibility index (Phi) is 4.48. The topological polar surface area (TPSA) is 29.5 Å². The van der Waals surface area contributed by atoms with Gasteiger partial charge in [-0.1, -0.05) is 11.6 Å². The molecule has 0 aliphatic carbocycles. The number of hydrogen-bond donors (Lipinski definition) is 0. The molecule has 0 spiro atoms. The summed E-state index contributed by atoms with van der Waals surface area (Å²) < 4.78 is 5.73. The van der Waals surface area contributed by atoms with Gasteiger partial charge in [0.2, 0.25) is 5.91 Å². The van der Waals surface area contributed by atoms with Crippen LogP contribution in [-0.4, -0.2) is 30.5 Å². The van der Waals surface area contributed by atoms with E-state index >= 15 is 0 Å². The van der Waals surface area contributed by atoms with Gasteiger partial charge in [-0.05, 0) is 37.1 Å². The summed E-state index contributed by atoms with van der Waals surface area (Å²) in [5.41, 5.74) is 0. The molecule has 1 unspecified atom stereocenters. The number of carbonyl (C=O) groups excluding carboxylic acids is 1. The summed E-state index contributed by atoms with van der Waals surface area (Å²) in [4.78, 5) is 13.2. The van der Waals surface area contributed by atoms with Crippen molar-refractivity contribution in [1.29, 1.82) is 0 Å². The number of carbonyl (C=O) groups is 1. The van der Waals surface area contributed by atoms with Crippen molar-refractivity contribution in [2.45, 2.75) is 19.8 Å². The first-order valence-corrected chi connectivity index (χ1v) is 6.67. The van der Waals surface area contributed by atoms with Crippen LogP contribution >= 0.6 is 11.6 Å². The minimum atomic E-state index is 0.159. The van der Waals surface area contributed by atoms with Crippen molar-refractivity contribution in [3.8, 4) is 5.75 Å². The molecule has 1 aliphatic rings. The molecule has 0 N–H and O–H groups in total. The highest BCUT2D eigenvalue weighted by molar-refractivity contribution is 6.30. The fourth-order valence-corrected chi connectivity index (χ4v) is 2.36. The fraction of sp³-hybridized carbons (Fsp3) is 0.500. The highest BCUT2D eigenvalue weighted by Crippen LogP contribution is 2.20. The number of piperidine rings is 1. The molecule has 2 rings (SSSR count). The summed E-state index contributed by atoms with van der Waals surface area (Å²) in [6.07, 6.45) is 2.19. The lowest BCUT2D eigenvalue weighted by Gasteiger charge is -2.31. The molecule has 1 fully saturated rings. The van der Waals surface area contributed by atoms with Crippen molar-refractivity contribution >= 4 is 17.5 Å². The predicted molar refractivity (Wildman–Crippen MR) is 71.9 cm³/mol. The Bertz CT molecular complexity index is 405. The smallest absolute Gasteiger partial charge is 0.219 e. The summed E-state index contributed by atoms with van der Waals surface area (Å²) >= 11 is 5.81. The van der Waals surface area contributed by atoms with Crippen molar-refractivity contribution in [2.24, 2.45) is 5.92 Å². The Labute approximate surface area is 113 Å². The first-order valence-electron chi connectivity index (χ1n) is 6.29. The van der Waals surface area contributed by atoms with Gasteiger partial charge in [0.1, 0.15) is 5.75 Å². The van der Waals surface area contributed by atoms with Crippen LogP contribution in [0, 0.1) is 5.92 Å². The van der Waals surface area contributed by atoms with Crippen LogP contribution in [-0.2, 0) is 4.79 Å². The molecule has 18 heavy (non-hydrogen) atoms. The molecule has 0 radical (unpaired) electrons. The maximum Gasteiger partial charge on any atom is 0.219 e. The Morgan fingerprint density at radius 1 is 1.44 bits per heavy atom. The van der Waals surface area contributed by atoms with Crippen LogP contribution in [0.1, 0.15) is 19.8 Å². The quantitative estimate of drug-likeness (QED) is 0.843. The molecule has 0 bridgehead atoms. The molecule has 0 aromatic heterocycles. The van der Waals surface area contributed by atoms with Crippen molar-refractivity contribution in [3.05, 3.63) is 29.3 Å². The summed E-state index contributed by atoms with van der Waals surface area (Å²) in [6, 6.07) is 7.38. The molecule has 1 heterocycles. The molecule has 1 aromatic carbocycles. The third-order valence-electron chi connectivity index (χ3n) is 3.26. The van der Waals surface area contributed by atoms with E-state index in [1.165, 1.54) is 0 Å². The maximum atomic E-state index is 11.3. The molecule has 1 atom stereocenters. The number of benzene rings is 1. The number of rotatable bonds is 3. The average Bonchev–Trinajstić information content (AvgIpc) is 2.38. The van der Waals surface area contributed by atoms with E-state index in [4.69, 9.17) is 16.3 Å². The Balaban J connectivity index is 1.82. The van der Waals surface area contributed by atoms with Crippen molar-refractivity contribution in [3.63, 3.8) is 0 Å². The SMILES string of the molecule is CC(=O)N1CCCC(COc2ccc(Cl)cc2)C1. The molecule has 1 aromatic rings. The van der Waals surface area contributed by atoms with Gasteiger partial charge in [0.15, 0.2) is 0 Å². The largest absolute Gasteiger partial charge is 0.493 e. The Morgan fingerprint density at radius 3 is 2.83 bits per heavy atom. The highest BCUT2D eigenvalue weighted by Gasteiger charge is 2.21. The lowest BCUT2D eigenvalue weighted by molar-refractivity contribution is -0.130. The Hall–Kier alpha value is -1.22. The zero-order valence-corrected chi connectivity index (χ0v) is 11.3. The summed E-state index contributed by atoms with van der Waals surface area (Å²) in [5, 5.41) is 0.711. The van der Waals surface area contributed by atoms with Crippen LogP contribution in [0.2, 0.25) is 5.02 Å². The van der Waals surface area contributed by atoms with Gasteiger partial charge in [0.25, 0.3) is 0 Å². The number of nitrogens with zero attached hydrogens (tertiary/aromatic N) is 1. The van der Waals surface area contributed by atoms with Gasteiger partial charge in [0.05, 0.1) is 6.61 Å². The minimum absolute atomic E-state index is 0.159. The maximum absolute atomic E-state index is 11.3. The number of hydrogen-bond acceptors (Lipinski definition) is 2. The van der Waals surface area contributed by atoms with E-state index in [1.807, 2.05) is 29.2 Å². The summed E-state index contributed by atoms with van der Waals surface area (Å²) in [5.74, 6) is 1.42. The van der Waals surface area contributed by atoms with Crippen molar-refractivity contribution in [2.75, 3.05) is 19.7 Å². The van der Waals surface area contributed by atoms with Crippen LogP contribution in [0.15, 0.2) is 24.3 Å². The zero-order chi connectivity index (χ0) is 13.0. The van der Waals surface area contributed by atoms with Crippen LogP contribution < -0.4 is 4.74 Å². The first-order chi connectivity index (χ1) is 8.65. The van der Waals surface area contributed by atoms with E-state index in [0.717, 1.165) is 31.7 Å². The van der Waals surface area contributed by atoms with Crippen LogP contribution in [0.25, 0.3) is 0 Å². The lowest BCUT2D eigenvalue weighted by Crippen LogP contribution is -2.40. The van der Waals surface area contributed by atoms with Crippen LogP contribution in [0.3, 0.4) is 0 Å². The van der Waals surface area contributed by atoms with Crippen molar-refractivity contribution in [1.82, 2.24) is 4.90 Å². The van der Waals surface area contributed by atoms with E-state index in [-0.39, 0.29) is 5.91 Å². The predicted octanol–water partition coefficient (Wildman–Crippen LogP) is 2.98.